The summed E-state index contributed by atoms with van der Waals surface area (Å²) in [5.41, 5.74) is 0.607. The van der Waals surface area contributed by atoms with E-state index in [4.69, 9.17) is 0 Å². The Hall–Kier alpha value is -1.71. The Balaban J connectivity index is 3.04. The molecule has 112 valence electrons. The minimum Gasteiger partial charge on any atom is -0.336 e. The zero-order chi connectivity index (χ0) is 15.8. The van der Waals surface area contributed by atoms with E-state index >= 15 is 0 Å². The first kappa shape index (κ1) is 16.3. The summed E-state index contributed by atoms with van der Waals surface area (Å²) in [7, 11) is -5.05. The summed E-state index contributed by atoms with van der Waals surface area (Å²) in [6.45, 7) is 1.58. The number of benzene rings is 1. The highest BCUT2D eigenvalue weighted by Gasteiger charge is 2.65. The minimum absolute atomic E-state index is 0.607. The van der Waals surface area contributed by atoms with Crippen molar-refractivity contribution in [2.45, 2.75) is 23.9 Å². The molecule has 1 rings (SSSR count). The van der Waals surface area contributed by atoms with Gasteiger partial charge in [-0.05, 0) is 19.1 Å². The molecule has 0 atom stereocenters. The molecule has 1 aromatic carbocycles. The normalized spacial score (nSPS) is 13.1. The largest absolute Gasteiger partial charge is 0.465 e. The molecule has 0 spiro atoms. The number of halogens is 5. The van der Waals surface area contributed by atoms with Crippen molar-refractivity contribution < 1.29 is 39.3 Å². The number of aryl methyl sites for hydroxylation is 1. The molecule has 0 heterocycles. The van der Waals surface area contributed by atoms with Gasteiger partial charge in [-0.15, -0.1) is 0 Å². The third-order valence-corrected chi connectivity index (χ3v) is 3.33. The Morgan fingerprint density at radius 3 is 1.90 bits per heavy atom. The van der Waals surface area contributed by atoms with Gasteiger partial charge < -0.3 is 4.18 Å². The van der Waals surface area contributed by atoms with E-state index in [-0.39, 0.29) is 0 Å². The molecule has 20 heavy (non-hydrogen) atoms. The maximum atomic E-state index is 12.6. The first-order valence-electron chi connectivity index (χ1n) is 4.88. The monoisotopic (exact) mass is 318 g/mol. The van der Waals surface area contributed by atoms with Crippen molar-refractivity contribution >= 4 is 16.1 Å². The van der Waals surface area contributed by atoms with Gasteiger partial charge >= 0.3 is 28.2 Å². The SMILES string of the molecule is Cc1ccc(S(=O)(=O)OC(=O)C(F)(F)C(F)(F)F)cc1. The van der Waals surface area contributed by atoms with Crippen LogP contribution in [0.2, 0.25) is 0 Å². The van der Waals surface area contributed by atoms with Gasteiger partial charge in [-0.2, -0.15) is 30.4 Å². The van der Waals surface area contributed by atoms with Crippen LogP contribution < -0.4 is 0 Å². The topological polar surface area (TPSA) is 60.4 Å². The van der Waals surface area contributed by atoms with E-state index in [0.29, 0.717) is 5.56 Å². The van der Waals surface area contributed by atoms with Gasteiger partial charge in [0.15, 0.2) is 0 Å². The Labute approximate surface area is 110 Å². The molecule has 0 radical (unpaired) electrons. The number of hydrogen-bond acceptors (Lipinski definition) is 4. The molecule has 0 N–H and O–H groups in total. The van der Waals surface area contributed by atoms with Crippen LogP contribution in [-0.2, 0) is 19.1 Å². The van der Waals surface area contributed by atoms with Crippen molar-refractivity contribution in [1.82, 2.24) is 0 Å². The van der Waals surface area contributed by atoms with Gasteiger partial charge in [-0.25, -0.2) is 4.79 Å². The van der Waals surface area contributed by atoms with Crippen LogP contribution >= 0.6 is 0 Å². The lowest BCUT2D eigenvalue weighted by Crippen LogP contribution is -2.45. The Kier molecular flexibility index (Phi) is 4.09. The number of carbonyl (C=O) groups excluding carboxylic acids is 1. The predicted molar refractivity (Wildman–Crippen MR) is 55.5 cm³/mol. The molecule has 0 aliphatic carbocycles. The van der Waals surface area contributed by atoms with E-state index < -0.39 is 33.1 Å². The molecule has 0 fully saturated rings. The van der Waals surface area contributed by atoms with Gasteiger partial charge in [0.05, 0.1) is 0 Å². The zero-order valence-corrected chi connectivity index (χ0v) is 10.6. The fourth-order valence-corrected chi connectivity index (χ4v) is 1.89. The summed E-state index contributed by atoms with van der Waals surface area (Å²) >= 11 is 0. The molecule has 0 bridgehead atoms. The van der Waals surface area contributed by atoms with E-state index in [2.05, 4.69) is 4.18 Å². The predicted octanol–water partition coefficient (Wildman–Crippen LogP) is 2.42. The zero-order valence-electron chi connectivity index (χ0n) is 9.74. The fourth-order valence-electron chi connectivity index (χ4n) is 1.02. The van der Waals surface area contributed by atoms with Crippen LogP contribution in [0.15, 0.2) is 29.2 Å². The van der Waals surface area contributed by atoms with E-state index in [0.717, 1.165) is 12.1 Å². The molecule has 4 nitrogen and oxygen atoms in total. The molecular formula is C10H7F5O4S. The third kappa shape index (κ3) is 3.24. The lowest BCUT2D eigenvalue weighted by atomic mass is 10.2. The molecule has 10 heteroatoms. The van der Waals surface area contributed by atoms with Crippen molar-refractivity contribution in [3.63, 3.8) is 0 Å². The molecule has 0 amide bonds. The second kappa shape index (κ2) is 5.00. The second-order valence-electron chi connectivity index (χ2n) is 3.71. The van der Waals surface area contributed by atoms with Crippen molar-refractivity contribution in [1.29, 1.82) is 0 Å². The smallest absolute Gasteiger partial charge is 0.336 e. The van der Waals surface area contributed by atoms with Crippen LogP contribution in [0.1, 0.15) is 5.56 Å². The maximum absolute atomic E-state index is 12.6. The van der Waals surface area contributed by atoms with E-state index in [1.807, 2.05) is 0 Å². The van der Waals surface area contributed by atoms with Crippen LogP contribution in [0, 0.1) is 6.92 Å². The number of rotatable bonds is 3. The Morgan fingerprint density at radius 1 is 1.05 bits per heavy atom. The average Bonchev–Trinajstić information content (AvgIpc) is 2.27. The first-order chi connectivity index (χ1) is 8.88. The summed E-state index contributed by atoms with van der Waals surface area (Å²) in [4.78, 5) is 9.98. The standard InChI is InChI=1S/C10H7F5O4S/c1-6-2-4-7(5-3-6)20(17,18)19-8(16)9(11,12)10(13,14)15/h2-5H,1H3. The number of carbonyl (C=O) groups is 1. The fraction of sp³-hybridized carbons (Fsp3) is 0.300. The van der Waals surface area contributed by atoms with Gasteiger partial charge in [0.1, 0.15) is 4.90 Å². The summed E-state index contributed by atoms with van der Waals surface area (Å²) in [6, 6.07) is 4.32. The molecule has 0 aromatic heterocycles. The van der Waals surface area contributed by atoms with Crippen LogP contribution in [-0.4, -0.2) is 26.5 Å². The highest BCUT2D eigenvalue weighted by atomic mass is 32.2. The Morgan fingerprint density at radius 2 is 1.50 bits per heavy atom. The number of alkyl halides is 5. The molecule has 0 aliphatic heterocycles. The third-order valence-electron chi connectivity index (χ3n) is 2.11. The van der Waals surface area contributed by atoms with Crippen LogP contribution in [0.25, 0.3) is 0 Å². The van der Waals surface area contributed by atoms with Gasteiger partial charge in [0, 0.05) is 0 Å². The molecular weight excluding hydrogens is 311 g/mol. The summed E-state index contributed by atoms with van der Waals surface area (Å²) in [5.74, 6) is -9.12. The lowest BCUT2D eigenvalue weighted by molar-refractivity contribution is -0.276. The average molecular weight is 318 g/mol. The summed E-state index contributed by atoms with van der Waals surface area (Å²) in [5, 5.41) is 0. The molecule has 0 unspecified atom stereocenters. The Bertz CT molecular complexity index is 604. The summed E-state index contributed by atoms with van der Waals surface area (Å²) < 4.78 is 86.8. The van der Waals surface area contributed by atoms with E-state index in [9.17, 15) is 35.2 Å². The quantitative estimate of drug-likeness (QED) is 0.634. The van der Waals surface area contributed by atoms with Crippen molar-refractivity contribution in [3.05, 3.63) is 29.8 Å². The number of hydrogen-bond donors (Lipinski definition) is 0. The second-order valence-corrected chi connectivity index (χ2v) is 5.26. The summed E-state index contributed by atoms with van der Waals surface area (Å²) in [6.07, 6.45) is -6.24. The van der Waals surface area contributed by atoms with Gasteiger partial charge in [0.25, 0.3) is 0 Å². The molecule has 0 aliphatic rings. The van der Waals surface area contributed by atoms with Crippen LogP contribution in [0.5, 0.6) is 0 Å². The van der Waals surface area contributed by atoms with Crippen molar-refractivity contribution in [2.75, 3.05) is 0 Å². The van der Waals surface area contributed by atoms with Gasteiger partial charge in [0.2, 0.25) is 0 Å². The van der Waals surface area contributed by atoms with Crippen molar-refractivity contribution in [2.24, 2.45) is 0 Å². The molecule has 0 saturated heterocycles. The van der Waals surface area contributed by atoms with Gasteiger partial charge in [-0.3, -0.25) is 0 Å². The molecule has 1 aromatic rings. The highest BCUT2D eigenvalue weighted by Crippen LogP contribution is 2.37. The molecule has 0 saturated carbocycles. The first-order valence-corrected chi connectivity index (χ1v) is 6.29. The lowest BCUT2D eigenvalue weighted by Gasteiger charge is -2.17. The van der Waals surface area contributed by atoms with Crippen molar-refractivity contribution in [3.8, 4) is 0 Å². The minimum atomic E-state index is -6.24. The van der Waals surface area contributed by atoms with Crippen LogP contribution in [0.3, 0.4) is 0 Å². The van der Waals surface area contributed by atoms with E-state index in [1.54, 1.807) is 6.92 Å². The van der Waals surface area contributed by atoms with Crippen LogP contribution in [0.4, 0.5) is 22.0 Å². The maximum Gasteiger partial charge on any atom is 0.465 e. The van der Waals surface area contributed by atoms with Gasteiger partial charge in [-0.1, -0.05) is 17.7 Å². The van der Waals surface area contributed by atoms with E-state index in [1.165, 1.54) is 12.1 Å². The highest BCUT2D eigenvalue weighted by molar-refractivity contribution is 7.87.